The standard InChI is InChI=1S/C16H16ClNO2S/c1-12(11-21-15-8-7-14(17)9-18-15)16(19)20-10-13-5-3-2-4-6-13/h2-9,12H,10-11H2,1H3. The normalized spacial score (nSPS) is 11.9. The molecule has 0 amide bonds. The van der Waals surface area contributed by atoms with Crippen LogP contribution >= 0.6 is 23.4 Å². The minimum absolute atomic E-state index is 0.184. The fourth-order valence-electron chi connectivity index (χ4n) is 1.60. The first kappa shape index (κ1) is 15.9. The number of ether oxygens (including phenoxy) is 1. The Kier molecular flexibility index (Phi) is 6.08. The van der Waals surface area contributed by atoms with Crippen molar-refractivity contribution in [2.45, 2.75) is 18.6 Å². The third-order valence-electron chi connectivity index (χ3n) is 2.81. The molecule has 0 fully saturated rings. The summed E-state index contributed by atoms with van der Waals surface area (Å²) in [7, 11) is 0. The zero-order chi connectivity index (χ0) is 15.1. The molecular formula is C16H16ClNO2S. The molecule has 3 nitrogen and oxygen atoms in total. The molecule has 1 aromatic carbocycles. The maximum Gasteiger partial charge on any atom is 0.309 e. The number of pyridine rings is 1. The Morgan fingerprint density at radius 1 is 1.29 bits per heavy atom. The molecule has 1 heterocycles. The first-order valence-corrected chi connectivity index (χ1v) is 7.96. The van der Waals surface area contributed by atoms with Gasteiger partial charge in [-0.2, -0.15) is 0 Å². The number of thioether (sulfide) groups is 1. The minimum atomic E-state index is -0.194. The number of esters is 1. The first-order chi connectivity index (χ1) is 10.1. The van der Waals surface area contributed by atoms with Crippen LogP contribution in [0.4, 0.5) is 0 Å². The summed E-state index contributed by atoms with van der Waals surface area (Å²) < 4.78 is 5.30. The predicted molar refractivity (Wildman–Crippen MR) is 85.4 cm³/mol. The van der Waals surface area contributed by atoms with Gasteiger partial charge in [0.1, 0.15) is 6.61 Å². The van der Waals surface area contributed by atoms with Crippen molar-refractivity contribution in [2.24, 2.45) is 5.92 Å². The lowest BCUT2D eigenvalue weighted by atomic mass is 10.2. The maximum atomic E-state index is 11.9. The lowest BCUT2D eigenvalue weighted by Gasteiger charge is -2.11. The van der Waals surface area contributed by atoms with E-state index in [1.807, 2.05) is 43.3 Å². The van der Waals surface area contributed by atoms with E-state index in [4.69, 9.17) is 16.3 Å². The van der Waals surface area contributed by atoms with Crippen LogP contribution in [-0.4, -0.2) is 16.7 Å². The SMILES string of the molecule is CC(CSc1ccc(Cl)cn1)C(=O)OCc1ccccc1. The van der Waals surface area contributed by atoms with Crippen molar-refractivity contribution in [2.75, 3.05) is 5.75 Å². The molecule has 0 aliphatic carbocycles. The van der Waals surface area contributed by atoms with Crippen LogP contribution in [0.3, 0.4) is 0 Å². The molecule has 2 aromatic rings. The van der Waals surface area contributed by atoms with Crippen LogP contribution in [0, 0.1) is 5.92 Å². The average molecular weight is 322 g/mol. The van der Waals surface area contributed by atoms with Crippen molar-refractivity contribution in [3.05, 3.63) is 59.2 Å². The number of carbonyl (C=O) groups excluding carboxylic acids is 1. The van der Waals surface area contributed by atoms with Crippen molar-refractivity contribution >= 4 is 29.3 Å². The maximum absolute atomic E-state index is 11.9. The van der Waals surface area contributed by atoms with Gasteiger partial charge in [0.25, 0.3) is 0 Å². The van der Waals surface area contributed by atoms with Crippen LogP contribution in [-0.2, 0) is 16.1 Å². The topological polar surface area (TPSA) is 39.2 Å². The predicted octanol–water partition coefficient (Wildman–Crippen LogP) is 4.21. The van der Waals surface area contributed by atoms with Gasteiger partial charge in [-0.15, -0.1) is 11.8 Å². The van der Waals surface area contributed by atoms with Crippen molar-refractivity contribution in [3.63, 3.8) is 0 Å². The van der Waals surface area contributed by atoms with Gasteiger partial charge in [-0.25, -0.2) is 4.98 Å². The highest BCUT2D eigenvalue weighted by atomic mass is 35.5. The van der Waals surface area contributed by atoms with Crippen LogP contribution in [0.15, 0.2) is 53.7 Å². The van der Waals surface area contributed by atoms with E-state index >= 15 is 0 Å². The molecule has 110 valence electrons. The molecule has 21 heavy (non-hydrogen) atoms. The van der Waals surface area contributed by atoms with Gasteiger partial charge in [0.2, 0.25) is 0 Å². The minimum Gasteiger partial charge on any atom is -0.461 e. The van der Waals surface area contributed by atoms with E-state index in [1.54, 1.807) is 12.3 Å². The Balaban J connectivity index is 1.76. The highest BCUT2D eigenvalue weighted by Crippen LogP contribution is 2.20. The summed E-state index contributed by atoms with van der Waals surface area (Å²) >= 11 is 7.30. The van der Waals surface area contributed by atoms with Crippen molar-refractivity contribution in [3.8, 4) is 0 Å². The van der Waals surface area contributed by atoms with Crippen LogP contribution < -0.4 is 0 Å². The summed E-state index contributed by atoms with van der Waals surface area (Å²) in [6.45, 7) is 2.17. The van der Waals surface area contributed by atoms with Crippen LogP contribution in [0.25, 0.3) is 0 Å². The summed E-state index contributed by atoms with van der Waals surface area (Å²) in [5.74, 6) is 0.249. The summed E-state index contributed by atoms with van der Waals surface area (Å²) in [5.41, 5.74) is 0.991. The number of rotatable bonds is 6. The summed E-state index contributed by atoms with van der Waals surface area (Å²) in [5, 5.41) is 1.46. The molecule has 0 radical (unpaired) electrons. The molecular weight excluding hydrogens is 306 g/mol. The zero-order valence-corrected chi connectivity index (χ0v) is 13.2. The second-order valence-electron chi connectivity index (χ2n) is 4.62. The van der Waals surface area contributed by atoms with Crippen LogP contribution in [0.2, 0.25) is 5.02 Å². The molecule has 0 spiro atoms. The number of hydrogen-bond donors (Lipinski definition) is 0. The number of nitrogens with zero attached hydrogens (tertiary/aromatic N) is 1. The number of halogens is 1. The fraction of sp³-hybridized carbons (Fsp3) is 0.250. The highest BCUT2D eigenvalue weighted by molar-refractivity contribution is 7.99. The van der Waals surface area contributed by atoms with Gasteiger partial charge in [-0.1, -0.05) is 48.9 Å². The van der Waals surface area contributed by atoms with Crippen LogP contribution in [0.5, 0.6) is 0 Å². The molecule has 0 saturated heterocycles. The lowest BCUT2D eigenvalue weighted by molar-refractivity contribution is -0.148. The van der Waals surface area contributed by atoms with Gasteiger partial charge in [-0.05, 0) is 17.7 Å². The Hall–Kier alpha value is -1.52. The summed E-state index contributed by atoms with van der Waals surface area (Å²) in [6, 6.07) is 13.3. The molecule has 2 rings (SSSR count). The number of carbonyl (C=O) groups is 1. The third-order valence-corrected chi connectivity index (χ3v) is 4.24. The van der Waals surface area contributed by atoms with Gasteiger partial charge in [0.15, 0.2) is 0 Å². The van der Waals surface area contributed by atoms with E-state index < -0.39 is 0 Å². The Morgan fingerprint density at radius 3 is 2.71 bits per heavy atom. The fourth-order valence-corrected chi connectivity index (χ4v) is 2.56. The van der Waals surface area contributed by atoms with Gasteiger partial charge >= 0.3 is 5.97 Å². The molecule has 1 atom stereocenters. The van der Waals surface area contributed by atoms with Crippen molar-refractivity contribution in [1.82, 2.24) is 4.98 Å². The smallest absolute Gasteiger partial charge is 0.309 e. The molecule has 1 unspecified atom stereocenters. The van der Waals surface area contributed by atoms with Gasteiger partial charge in [0, 0.05) is 11.9 Å². The zero-order valence-electron chi connectivity index (χ0n) is 11.7. The Labute approximate surface area is 133 Å². The van der Waals surface area contributed by atoms with E-state index in [1.165, 1.54) is 11.8 Å². The number of aromatic nitrogens is 1. The monoisotopic (exact) mass is 321 g/mol. The van der Waals surface area contributed by atoms with Crippen LogP contribution in [0.1, 0.15) is 12.5 Å². The molecule has 1 aromatic heterocycles. The molecule has 0 aliphatic rings. The molecule has 0 bridgehead atoms. The highest BCUT2D eigenvalue weighted by Gasteiger charge is 2.15. The van der Waals surface area contributed by atoms with Crippen molar-refractivity contribution in [1.29, 1.82) is 0 Å². The van der Waals surface area contributed by atoms with Gasteiger partial charge in [0.05, 0.1) is 16.0 Å². The second-order valence-corrected chi connectivity index (χ2v) is 6.10. The quantitative estimate of drug-likeness (QED) is 0.590. The first-order valence-electron chi connectivity index (χ1n) is 6.60. The number of hydrogen-bond acceptors (Lipinski definition) is 4. The molecule has 0 N–H and O–H groups in total. The van der Waals surface area contributed by atoms with E-state index in [2.05, 4.69) is 4.98 Å². The molecule has 5 heteroatoms. The second kappa shape index (κ2) is 8.05. The Bertz CT molecular complexity index is 575. The largest absolute Gasteiger partial charge is 0.461 e. The van der Waals surface area contributed by atoms with Gasteiger partial charge < -0.3 is 4.74 Å². The van der Waals surface area contributed by atoms with Gasteiger partial charge in [-0.3, -0.25) is 4.79 Å². The Morgan fingerprint density at radius 2 is 2.05 bits per heavy atom. The van der Waals surface area contributed by atoms with E-state index in [9.17, 15) is 4.79 Å². The van der Waals surface area contributed by atoms with Crippen molar-refractivity contribution < 1.29 is 9.53 Å². The molecule has 0 aliphatic heterocycles. The third kappa shape index (κ3) is 5.40. The van der Waals surface area contributed by atoms with E-state index in [0.717, 1.165) is 10.6 Å². The lowest BCUT2D eigenvalue weighted by Crippen LogP contribution is -2.16. The number of benzene rings is 1. The van der Waals surface area contributed by atoms with E-state index in [0.29, 0.717) is 17.4 Å². The summed E-state index contributed by atoms with van der Waals surface area (Å²) in [6.07, 6.45) is 1.60. The molecule has 0 saturated carbocycles. The average Bonchev–Trinajstić information content (AvgIpc) is 2.52. The summed E-state index contributed by atoms with van der Waals surface area (Å²) in [4.78, 5) is 16.1. The van der Waals surface area contributed by atoms with E-state index in [-0.39, 0.29) is 11.9 Å².